The third-order valence-electron chi connectivity index (χ3n) is 3.43. The van der Waals surface area contributed by atoms with Gasteiger partial charge in [0, 0.05) is 18.0 Å². The van der Waals surface area contributed by atoms with E-state index in [4.69, 9.17) is 16.7 Å². The highest BCUT2D eigenvalue weighted by molar-refractivity contribution is 6.34. The van der Waals surface area contributed by atoms with Crippen molar-refractivity contribution >= 4 is 28.5 Å². The molecule has 0 amide bonds. The number of para-hydroxylation sites is 1. The van der Waals surface area contributed by atoms with E-state index >= 15 is 0 Å². The first kappa shape index (κ1) is 11.5. The average Bonchev–Trinajstić information content (AvgIpc) is 2.97. The lowest BCUT2D eigenvalue weighted by atomic mass is 9.98. The monoisotopic (exact) mass is 265 g/mol. The molecule has 6 heteroatoms. The van der Waals surface area contributed by atoms with E-state index < -0.39 is 5.97 Å². The molecule has 1 saturated heterocycles. The van der Waals surface area contributed by atoms with Gasteiger partial charge in [0.25, 0.3) is 0 Å². The molecule has 1 fully saturated rings. The lowest BCUT2D eigenvalue weighted by Crippen LogP contribution is -2.17. The minimum Gasteiger partial charge on any atom is -0.481 e. The standard InChI is InChI=1S/C12H12ClN3O2/c13-11-8-3-1-2-7(10(8)15-16-11)9-4-6(5-14-9)12(17)18/h1-3,6,9,14H,4-5H2,(H,15,16)(H,17,18). The van der Waals surface area contributed by atoms with Crippen LogP contribution in [0.1, 0.15) is 18.0 Å². The maximum Gasteiger partial charge on any atom is 0.307 e. The van der Waals surface area contributed by atoms with E-state index in [2.05, 4.69) is 15.5 Å². The van der Waals surface area contributed by atoms with Gasteiger partial charge in [-0.25, -0.2) is 0 Å². The van der Waals surface area contributed by atoms with Crippen LogP contribution in [0.4, 0.5) is 0 Å². The van der Waals surface area contributed by atoms with Crippen LogP contribution in [0.25, 0.3) is 10.9 Å². The number of hydrogen-bond acceptors (Lipinski definition) is 3. The molecular weight excluding hydrogens is 254 g/mol. The Kier molecular flexibility index (Phi) is 2.72. The Balaban J connectivity index is 1.98. The molecule has 2 unspecified atom stereocenters. The molecule has 0 bridgehead atoms. The fourth-order valence-corrected chi connectivity index (χ4v) is 2.67. The van der Waals surface area contributed by atoms with Crippen molar-refractivity contribution in [3.05, 3.63) is 28.9 Å². The minimum absolute atomic E-state index is 0.0224. The first-order valence-corrected chi connectivity index (χ1v) is 6.13. The molecule has 0 aliphatic carbocycles. The van der Waals surface area contributed by atoms with Gasteiger partial charge in [-0.2, -0.15) is 5.10 Å². The lowest BCUT2D eigenvalue weighted by molar-refractivity contribution is -0.141. The van der Waals surface area contributed by atoms with Crippen molar-refractivity contribution in [1.82, 2.24) is 15.5 Å². The Morgan fingerprint density at radius 2 is 2.33 bits per heavy atom. The molecule has 3 N–H and O–H groups in total. The Morgan fingerprint density at radius 3 is 3.06 bits per heavy atom. The molecule has 2 aromatic rings. The zero-order chi connectivity index (χ0) is 12.7. The van der Waals surface area contributed by atoms with E-state index in [9.17, 15) is 4.79 Å². The Hall–Kier alpha value is -1.59. The molecule has 18 heavy (non-hydrogen) atoms. The van der Waals surface area contributed by atoms with Gasteiger partial charge < -0.3 is 10.4 Å². The van der Waals surface area contributed by atoms with Crippen LogP contribution < -0.4 is 5.32 Å². The first-order valence-electron chi connectivity index (χ1n) is 5.75. The zero-order valence-electron chi connectivity index (χ0n) is 9.48. The SMILES string of the molecule is O=C(O)C1CNC(c2cccc3c(Cl)[nH]nc23)C1. The van der Waals surface area contributed by atoms with E-state index in [0.29, 0.717) is 18.1 Å². The fraction of sp³-hybridized carbons (Fsp3) is 0.333. The van der Waals surface area contributed by atoms with Crippen LogP contribution >= 0.6 is 11.6 Å². The average molecular weight is 266 g/mol. The topological polar surface area (TPSA) is 78.0 Å². The summed E-state index contributed by atoms with van der Waals surface area (Å²) in [6, 6.07) is 5.79. The summed E-state index contributed by atoms with van der Waals surface area (Å²) in [6.07, 6.45) is 0.582. The number of halogens is 1. The normalized spacial score (nSPS) is 23.6. The van der Waals surface area contributed by atoms with Crippen molar-refractivity contribution in [3.63, 3.8) is 0 Å². The molecule has 3 rings (SSSR count). The summed E-state index contributed by atoms with van der Waals surface area (Å²) in [5.74, 6) is -1.09. The third kappa shape index (κ3) is 1.76. The summed E-state index contributed by atoms with van der Waals surface area (Å²) in [5.41, 5.74) is 1.81. The number of carbonyl (C=O) groups is 1. The van der Waals surface area contributed by atoms with Crippen molar-refractivity contribution in [2.45, 2.75) is 12.5 Å². The second-order valence-corrected chi connectivity index (χ2v) is 4.89. The van der Waals surface area contributed by atoms with Crippen molar-refractivity contribution in [3.8, 4) is 0 Å². The van der Waals surface area contributed by atoms with E-state index in [1.807, 2.05) is 18.2 Å². The van der Waals surface area contributed by atoms with E-state index in [-0.39, 0.29) is 12.0 Å². The molecule has 1 aliphatic heterocycles. The third-order valence-corrected chi connectivity index (χ3v) is 3.71. The highest BCUT2D eigenvalue weighted by Gasteiger charge is 2.31. The highest BCUT2D eigenvalue weighted by atomic mass is 35.5. The minimum atomic E-state index is -0.753. The van der Waals surface area contributed by atoms with Gasteiger partial charge in [-0.15, -0.1) is 0 Å². The summed E-state index contributed by atoms with van der Waals surface area (Å²) in [5, 5.41) is 20.6. The number of nitrogens with one attached hydrogen (secondary N) is 2. The van der Waals surface area contributed by atoms with Gasteiger partial charge in [0.1, 0.15) is 5.15 Å². The molecule has 1 aromatic heterocycles. The van der Waals surface area contributed by atoms with Gasteiger partial charge in [0.05, 0.1) is 11.4 Å². The molecule has 2 atom stereocenters. The van der Waals surface area contributed by atoms with Gasteiger partial charge in [-0.3, -0.25) is 9.89 Å². The second kappa shape index (κ2) is 4.26. The molecule has 1 aromatic carbocycles. The maximum absolute atomic E-state index is 11.0. The van der Waals surface area contributed by atoms with Crippen molar-refractivity contribution in [1.29, 1.82) is 0 Å². The van der Waals surface area contributed by atoms with Gasteiger partial charge in [0.2, 0.25) is 0 Å². The summed E-state index contributed by atoms with van der Waals surface area (Å²) >= 11 is 6.00. The number of carboxylic acid groups (broad SMARTS) is 1. The number of aromatic amines is 1. The predicted molar refractivity (Wildman–Crippen MR) is 67.6 cm³/mol. The van der Waals surface area contributed by atoms with Crippen molar-refractivity contribution in [2.75, 3.05) is 6.54 Å². The second-order valence-electron chi connectivity index (χ2n) is 4.51. The van der Waals surface area contributed by atoms with Crippen LogP contribution in [-0.2, 0) is 4.79 Å². The lowest BCUT2D eigenvalue weighted by Gasteiger charge is -2.10. The summed E-state index contributed by atoms with van der Waals surface area (Å²) < 4.78 is 0. The molecule has 0 spiro atoms. The quantitative estimate of drug-likeness (QED) is 0.776. The highest BCUT2D eigenvalue weighted by Crippen LogP contribution is 2.33. The van der Waals surface area contributed by atoms with Gasteiger partial charge in [-0.05, 0) is 18.1 Å². The molecule has 1 aliphatic rings. The number of aliphatic carboxylic acids is 1. The number of fused-ring (bicyclic) bond motifs is 1. The molecule has 2 heterocycles. The van der Waals surface area contributed by atoms with Gasteiger partial charge >= 0.3 is 5.97 Å². The number of benzene rings is 1. The van der Waals surface area contributed by atoms with Crippen LogP contribution in [0, 0.1) is 5.92 Å². The predicted octanol–water partition coefficient (Wildman–Crippen LogP) is 1.95. The van der Waals surface area contributed by atoms with Crippen LogP contribution in [-0.4, -0.2) is 27.8 Å². The zero-order valence-corrected chi connectivity index (χ0v) is 10.2. The van der Waals surface area contributed by atoms with Crippen LogP contribution in [0.2, 0.25) is 5.15 Å². The van der Waals surface area contributed by atoms with E-state index in [0.717, 1.165) is 16.5 Å². The van der Waals surface area contributed by atoms with E-state index in [1.165, 1.54) is 0 Å². The molecule has 5 nitrogen and oxygen atoms in total. The first-order chi connectivity index (χ1) is 8.66. The summed E-state index contributed by atoms with van der Waals surface area (Å²) in [6.45, 7) is 0.495. The van der Waals surface area contributed by atoms with E-state index in [1.54, 1.807) is 0 Å². The van der Waals surface area contributed by atoms with Gasteiger partial charge in [-0.1, -0.05) is 23.7 Å². The van der Waals surface area contributed by atoms with Crippen LogP contribution in [0.5, 0.6) is 0 Å². The Labute approximate surface area is 108 Å². The molecule has 94 valence electrons. The fourth-order valence-electron chi connectivity index (χ4n) is 2.47. The largest absolute Gasteiger partial charge is 0.481 e. The van der Waals surface area contributed by atoms with Crippen LogP contribution in [0.3, 0.4) is 0 Å². The number of nitrogens with zero attached hydrogens (tertiary/aromatic N) is 1. The smallest absolute Gasteiger partial charge is 0.307 e. The van der Waals surface area contributed by atoms with Crippen LogP contribution in [0.15, 0.2) is 18.2 Å². The Morgan fingerprint density at radius 1 is 1.50 bits per heavy atom. The Bertz CT molecular complexity index is 610. The van der Waals surface area contributed by atoms with Crippen molar-refractivity contribution < 1.29 is 9.90 Å². The molecule has 0 radical (unpaired) electrons. The van der Waals surface area contributed by atoms with Crippen molar-refractivity contribution in [2.24, 2.45) is 5.92 Å². The van der Waals surface area contributed by atoms with Gasteiger partial charge in [0.15, 0.2) is 0 Å². The number of carboxylic acids is 1. The number of rotatable bonds is 2. The number of aromatic nitrogens is 2. The molecular formula is C12H12ClN3O2. The summed E-state index contributed by atoms with van der Waals surface area (Å²) in [7, 11) is 0. The number of hydrogen-bond donors (Lipinski definition) is 3. The molecule has 0 saturated carbocycles. The summed E-state index contributed by atoms with van der Waals surface area (Å²) in [4.78, 5) is 11.0. The number of H-pyrrole nitrogens is 1. The maximum atomic E-state index is 11.0.